The van der Waals surface area contributed by atoms with Gasteiger partial charge in [0.25, 0.3) is 5.56 Å². The summed E-state index contributed by atoms with van der Waals surface area (Å²) in [5, 5.41) is 14.1. The van der Waals surface area contributed by atoms with Crippen molar-refractivity contribution < 1.29 is 0 Å². The number of tetrazole rings is 1. The summed E-state index contributed by atoms with van der Waals surface area (Å²) in [6.45, 7) is 5.61. The van der Waals surface area contributed by atoms with Gasteiger partial charge in [0.1, 0.15) is 0 Å². The van der Waals surface area contributed by atoms with E-state index in [0.717, 1.165) is 54.5 Å². The second-order valence-corrected chi connectivity index (χ2v) is 9.76. The number of aromatic nitrogens is 5. The minimum absolute atomic E-state index is 0.0296. The lowest BCUT2D eigenvalue weighted by molar-refractivity contribution is 0.169. The molecule has 0 amide bonds. The fourth-order valence-corrected chi connectivity index (χ4v) is 5.40. The molecule has 2 heterocycles. The smallest absolute Gasteiger partial charge is 0.252 e. The van der Waals surface area contributed by atoms with Crippen molar-refractivity contribution in [2.24, 2.45) is 0 Å². The molecule has 5 rings (SSSR count). The van der Waals surface area contributed by atoms with E-state index in [1.807, 2.05) is 24.3 Å². The standard InChI is InChI=1S/C28H34N6O/c1-3-26(27-30-31-32-34(27)24-11-7-8-12-24)33(16-15-21-9-5-4-6-10-21)19-23-18-22-17-20(2)13-14-25(22)29-28(23)35/h4-6,9-10,13-14,17-18,24,26H,3,7-8,11-12,15-16,19H2,1-2H3,(H,29,35)/t26-/m1/s1. The first-order chi connectivity index (χ1) is 17.1. The summed E-state index contributed by atoms with van der Waals surface area (Å²) >= 11 is 0. The van der Waals surface area contributed by atoms with Crippen LogP contribution in [-0.2, 0) is 13.0 Å². The molecular formula is C28H34N6O. The minimum atomic E-state index is -0.0312. The number of rotatable bonds is 9. The second kappa shape index (κ2) is 10.5. The van der Waals surface area contributed by atoms with Gasteiger partial charge >= 0.3 is 0 Å². The van der Waals surface area contributed by atoms with Gasteiger partial charge in [0.15, 0.2) is 5.82 Å². The Morgan fingerprint density at radius 3 is 2.69 bits per heavy atom. The molecule has 0 unspecified atom stereocenters. The van der Waals surface area contributed by atoms with Gasteiger partial charge < -0.3 is 4.98 Å². The molecule has 182 valence electrons. The molecule has 0 saturated heterocycles. The predicted molar refractivity (Wildman–Crippen MR) is 138 cm³/mol. The van der Waals surface area contributed by atoms with Gasteiger partial charge in [0.05, 0.1) is 12.1 Å². The van der Waals surface area contributed by atoms with Crippen molar-refractivity contribution in [3.63, 3.8) is 0 Å². The zero-order chi connectivity index (χ0) is 24.2. The van der Waals surface area contributed by atoms with Crippen LogP contribution in [0.4, 0.5) is 0 Å². The molecule has 1 saturated carbocycles. The van der Waals surface area contributed by atoms with E-state index in [4.69, 9.17) is 0 Å². The molecule has 0 bridgehead atoms. The second-order valence-electron chi connectivity index (χ2n) is 9.76. The first-order valence-corrected chi connectivity index (χ1v) is 12.8. The molecule has 1 atom stereocenters. The highest BCUT2D eigenvalue weighted by Crippen LogP contribution is 2.33. The maximum absolute atomic E-state index is 13.1. The van der Waals surface area contributed by atoms with Crippen molar-refractivity contribution in [3.8, 4) is 0 Å². The number of aryl methyl sites for hydroxylation is 1. The lowest BCUT2D eigenvalue weighted by atomic mass is 10.1. The van der Waals surface area contributed by atoms with Gasteiger partial charge in [-0.05, 0) is 72.2 Å². The third-order valence-corrected chi connectivity index (χ3v) is 7.29. The molecule has 0 aliphatic heterocycles. The summed E-state index contributed by atoms with van der Waals surface area (Å²) in [6.07, 6.45) is 6.47. The van der Waals surface area contributed by atoms with E-state index in [1.54, 1.807) is 0 Å². The van der Waals surface area contributed by atoms with Crippen LogP contribution in [0.3, 0.4) is 0 Å². The highest BCUT2D eigenvalue weighted by molar-refractivity contribution is 5.79. The Bertz CT molecular complexity index is 1320. The van der Waals surface area contributed by atoms with Gasteiger partial charge in [-0.2, -0.15) is 0 Å². The number of pyridine rings is 1. The topological polar surface area (TPSA) is 79.7 Å². The van der Waals surface area contributed by atoms with E-state index in [1.165, 1.54) is 24.0 Å². The molecule has 2 aromatic carbocycles. The van der Waals surface area contributed by atoms with Crippen molar-refractivity contribution in [2.45, 2.75) is 71.0 Å². The minimum Gasteiger partial charge on any atom is -0.322 e. The van der Waals surface area contributed by atoms with Crippen LogP contribution < -0.4 is 5.56 Å². The van der Waals surface area contributed by atoms with E-state index in [-0.39, 0.29) is 11.6 Å². The van der Waals surface area contributed by atoms with Gasteiger partial charge in [-0.25, -0.2) is 4.68 Å². The van der Waals surface area contributed by atoms with Crippen molar-refractivity contribution in [1.29, 1.82) is 0 Å². The first kappa shape index (κ1) is 23.4. The fourth-order valence-electron chi connectivity index (χ4n) is 5.40. The van der Waals surface area contributed by atoms with Crippen LogP contribution in [0.2, 0.25) is 0 Å². The first-order valence-electron chi connectivity index (χ1n) is 12.8. The zero-order valence-corrected chi connectivity index (χ0v) is 20.7. The summed E-state index contributed by atoms with van der Waals surface area (Å²) in [4.78, 5) is 18.5. The van der Waals surface area contributed by atoms with Crippen LogP contribution in [0.15, 0.2) is 59.4 Å². The van der Waals surface area contributed by atoms with Crippen LogP contribution >= 0.6 is 0 Å². The van der Waals surface area contributed by atoms with E-state index in [0.29, 0.717) is 12.6 Å². The lowest BCUT2D eigenvalue weighted by Crippen LogP contribution is -2.34. The molecule has 0 radical (unpaired) electrons. The van der Waals surface area contributed by atoms with Crippen LogP contribution in [0.25, 0.3) is 10.9 Å². The zero-order valence-electron chi connectivity index (χ0n) is 20.7. The number of hydrogen-bond acceptors (Lipinski definition) is 5. The number of benzene rings is 2. The van der Waals surface area contributed by atoms with Crippen molar-refractivity contribution in [3.05, 3.63) is 87.5 Å². The lowest BCUT2D eigenvalue weighted by Gasteiger charge is -2.31. The Morgan fingerprint density at radius 2 is 1.91 bits per heavy atom. The SMILES string of the molecule is CC[C@H](c1nnnn1C1CCCC1)N(CCc1ccccc1)Cc1cc2cc(C)ccc2[nH]c1=O. The van der Waals surface area contributed by atoms with E-state index < -0.39 is 0 Å². The largest absolute Gasteiger partial charge is 0.322 e. The van der Waals surface area contributed by atoms with Gasteiger partial charge in [0.2, 0.25) is 0 Å². The number of H-pyrrole nitrogens is 1. The van der Waals surface area contributed by atoms with Gasteiger partial charge in [-0.3, -0.25) is 9.69 Å². The number of aromatic amines is 1. The predicted octanol–water partition coefficient (Wildman–Crippen LogP) is 5.13. The number of nitrogens with zero attached hydrogens (tertiary/aromatic N) is 5. The maximum atomic E-state index is 13.1. The normalized spacial score (nSPS) is 15.3. The van der Waals surface area contributed by atoms with E-state index in [2.05, 4.69) is 74.3 Å². The number of nitrogens with one attached hydrogen (secondary N) is 1. The van der Waals surface area contributed by atoms with Gasteiger partial charge in [0, 0.05) is 24.2 Å². The molecule has 1 aliphatic rings. The summed E-state index contributed by atoms with van der Waals surface area (Å²) in [7, 11) is 0. The van der Waals surface area contributed by atoms with Gasteiger partial charge in [-0.15, -0.1) is 5.10 Å². The van der Waals surface area contributed by atoms with Crippen LogP contribution in [-0.4, -0.2) is 36.6 Å². The van der Waals surface area contributed by atoms with Crippen molar-refractivity contribution in [2.75, 3.05) is 6.54 Å². The molecule has 1 aliphatic carbocycles. The van der Waals surface area contributed by atoms with Crippen LogP contribution in [0, 0.1) is 6.92 Å². The van der Waals surface area contributed by atoms with Crippen molar-refractivity contribution >= 4 is 10.9 Å². The molecule has 1 fully saturated rings. The maximum Gasteiger partial charge on any atom is 0.252 e. The summed E-state index contributed by atoms with van der Waals surface area (Å²) < 4.78 is 2.06. The Kier molecular flexibility index (Phi) is 7.04. The van der Waals surface area contributed by atoms with Gasteiger partial charge in [-0.1, -0.05) is 61.7 Å². The molecular weight excluding hydrogens is 436 g/mol. The number of fused-ring (bicyclic) bond motifs is 1. The Hall–Kier alpha value is -3.32. The molecule has 4 aromatic rings. The highest BCUT2D eigenvalue weighted by Gasteiger charge is 2.29. The molecule has 0 spiro atoms. The average molecular weight is 471 g/mol. The molecule has 35 heavy (non-hydrogen) atoms. The third-order valence-electron chi connectivity index (χ3n) is 7.29. The van der Waals surface area contributed by atoms with Crippen molar-refractivity contribution in [1.82, 2.24) is 30.1 Å². The molecule has 7 nitrogen and oxygen atoms in total. The van der Waals surface area contributed by atoms with Crippen LogP contribution in [0.5, 0.6) is 0 Å². The van der Waals surface area contributed by atoms with Crippen LogP contribution in [0.1, 0.15) is 73.6 Å². The molecule has 2 aromatic heterocycles. The quantitative estimate of drug-likeness (QED) is 0.367. The third kappa shape index (κ3) is 5.20. The Morgan fingerprint density at radius 1 is 1.11 bits per heavy atom. The summed E-state index contributed by atoms with van der Waals surface area (Å²) in [5.41, 5.74) is 4.08. The Balaban J connectivity index is 1.49. The van der Waals surface area contributed by atoms with E-state index in [9.17, 15) is 4.79 Å². The highest BCUT2D eigenvalue weighted by atomic mass is 16.1. The fraction of sp³-hybridized carbons (Fsp3) is 0.429. The molecule has 1 N–H and O–H groups in total. The number of hydrogen-bond donors (Lipinski definition) is 1. The summed E-state index contributed by atoms with van der Waals surface area (Å²) in [6, 6.07) is 19.1. The average Bonchev–Trinajstić information content (AvgIpc) is 3.56. The molecule has 7 heteroatoms. The monoisotopic (exact) mass is 470 g/mol. The summed E-state index contributed by atoms with van der Waals surface area (Å²) in [5.74, 6) is 0.917. The Labute approximate surface area is 206 Å². The van der Waals surface area contributed by atoms with E-state index >= 15 is 0 Å².